The molecule has 0 bridgehead atoms. The lowest BCUT2D eigenvalue weighted by molar-refractivity contribution is -0.174. The number of hydrogen-bond donors (Lipinski definition) is 1. The van der Waals surface area contributed by atoms with Gasteiger partial charge in [0.15, 0.2) is 0 Å². The Labute approximate surface area is 136 Å². The van der Waals surface area contributed by atoms with E-state index in [1.54, 1.807) is 0 Å². The highest BCUT2D eigenvalue weighted by Gasteiger charge is 2.40. The van der Waals surface area contributed by atoms with E-state index in [1.807, 2.05) is 5.32 Å². The van der Waals surface area contributed by atoms with Gasteiger partial charge in [-0.15, -0.1) is 0 Å². The Bertz CT molecular complexity index is 669. The number of piperidine rings is 1. The van der Waals surface area contributed by atoms with Gasteiger partial charge in [0.1, 0.15) is 0 Å². The van der Waals surface area contributed by atoms with Gasteiger partial charge in [-0.1, -0.05) is 11.6 Å². The minimum atomic E-state index is -4.94. The zero-order valence-corrected chi connectivity index (χ0v) is 13.4. The third-order valence-corrected chi connectivity index (χ3v) is 5.66. The predicted molar refractivity (Wildman–Crippen MR) is 77.4 cm³/mol. The number of hydrogen-bond acceptors (Lipinski definition) is 3. The average Bonchev–Trinajstić information content (AvgIpc) is 2.47. The second-order valence-corrected chi connectivity index (χ2v) is 7.48. The highest BCUT2D eigenvalue weighted by molar-refractivity contribution is 7.89. The Morgan fingerprint density at radius 1 is 1.17 bits per heavy atom. The van der Waals surface area contributed by atoms with Gasteiger partial charge in [0.05, 0.1) is 4.90 Å². The lowest BCUT2D eigenvalue weighted by Crippen LogP contribution is -2.49. The largest absolute Gasteiger partial charge is 0.471 e. The second-order valence-electron chi connectivity index (χ2n) is 5.10. The van der Waals surface area contributed by atoms with E-state index in [-0.39, 0.29) is 30.8 Å². The molecule has 1 aliphatic heterocycles. The number of alkyl halides is 3. The molecule has 1 amide bonds. The molecule has 10 heteroatoms. The monoisotopic (exact) mass is 370 g/mol. The molecule has 1 fully saturated rings. The predicted octanol–water partition coefficient (Wildman–Crippen LogP) is 2.17. The smallest absolute Gasteiger partial charge is 0.345 e. The number of carbonyl (C=O) groups is 1. The van der Waals surface area contributed by atoms with Crippen molar-refractivity contribution in [3.63, 3.8) is 0 Å². The first-order valence-electron chi connectivity index (χ1n) is 6.74. The van der Waals surface area contributed by atoms with Gasteiger partial charge in [-0.2, -0.15) is 17.5 Å². The Balaban J connectivity index is 1.98. The van der Waals surface area contributed by atoms with Crippen molar-refractivity contribution in [1.29, 1.82) is 0 Å². The van der Waals surface area contributed by atoms with Gasteiger partial charge in [0.2, 0.25) is 10.0 Å². The fourth-order valence-corrected chi connectivity index (χ4v) is 3.86. The normalized spacial score (nSPS) is 17.9. The summed E-state index contributed by atoms with van der Waals surface area (Å²) < 4.78 is 62.6. The zero-order valence-electron chi connectivity index (χ0n) is 11.8. The molecular formula is C13H14ClF3N2O3S. The van der Waals surface area contributed by atoms with Crippen molar-refractivity contribution in [3.05, 3.63) is 29.3 Å². The summed E-state index contributed by atoms with van der Waals surface area (Å²) in [5.74, 6) is -2.00. The maximum atomic E-state index is 12.4. The fraction of sp³-hybridized carbons (Fsp3) is 0.462. The first-order valence-corrected chi connectivity index (χ1v) is 8.56. The number of sulfonamides is 1. The summed E-state index contributed by atoms with van der Waals surface area (Å²) in [4.78, 5) is 11.0. The van der Waals surface area contributed by atoms with Gasteiger partial charge in [0.25, 0.3) is 0 Å². The number of amides is 1. The van der Waals surface area contributed by atoms with E-state index in [2.05, 4.69) is 0 Å². The summed E-state index contributed by atoms with van der Waals surface area (Å²) in [7, 11) is -3.72. The highest BCUT2D eigenvalue weighted by Crippen LogP contribution is 2.23. The lowest BCUT2D eigenvalue weighted by Gasteiger charge is -2.31. The molecule has 0 radical (unpaired) electrons. The first kappa shape index (κ1) is 18.0. The summed E-state index contributed by atoms with van der Waals surface area (Å²) >= 11 is 5.71. The fourth-order valence-electron chi connectivity index (χ4n) is 2.26. The van der Waals surface area contributed by atoms with Crippen LogP contribution in [0.3, 0.4) is 0 Å². The van der Waals surface area contributed by atoms with Crippen LogP contribution in [0, 0.1) is 0 Å². The third-order valence-electron chi connectivity index (χ3n) is 3.50. The number of rotatable bonds is 3. The van der Waals surface area contributed by atoms with Gasteiger partial charge >= 0.3 is 12.1 Å². The maximum Gasteiger partial charge on any atom is 0.471 e. The van der Waals surface area contributed by atoms with Crippen molar-refractivity contribution in [2.75, 3.05) is 13.1 Å². The van der Waals surface area contributed by atoms with E-state index in [9.17, 15) is 26.4 Å². The highest BCUT2D eigenvalue weighted by atomic mass is 35.5. The van der Waals surface area contributed by atoms with E-state index >= 15 is 0 Å². The molecule has 1 aromatic rings. The van der Waals surface area contributed by atoms with Crippen molar-refractivity contribution in [2.24, 2.45) is 0 Å². The molecule has 2 rings (SSSR count). The van der Waals surface area contributed by atoms with Crippen molar-refractivity contribution in [3.8, 4) is 0 Å². The molecule has 5 nitrogen and oxygen atoms in total. The Morgan fingerprint density at radius 2 is 1.70 bits per heavy atom. The van der Waals surface area contributed by atoms with Crippen LogP contribution in [0.4, 0.5) is 13.2 Å². The molecule has 1 aromatic carbocycles. The van der Waals surface area contributed by atoms with E-state index < -0.39 is 28.1 Å². The minimum absolute atomic E-state index is 0.0355. The molecule has 1 heterocycles. The Hall–Kier alpha value is -1.32. The van der Waals surface area contributed by atoms with Crippen LogP contribution in [0.5, 0.6) is 0 Å². The third kappa shape index (κ3) is 4.36. The molecule has 0 saturated carbocycles. The number of halogens is 4. The molecule has 0 atom stereocenters. The molecule has 23 heavy (non-hydrogen) atoms. The van der Waals surface area contributed by atoms with E-state index in [4.69, 9.17) is 11.6 Å². The summed E-state index contributed by atoms with van der Waals surface area (Å²) in [6.45, 7) is 0.0710. The summed E-state index contributed by atoms with van der Waals surface area (Å²) in [5, 5.41) is 2.28. The molecule has 0 aliphatic carbocycles. The summed E-state index contributed by atoms with van der Waals surface area (Å²) in [5.41, 5.74) is 0. The van der Waals surface area contributed by atoms with E-state index in [1.165, 1.54) is 28.6 Å². The van der Waals surface area contributed by atoms with Crippen LogP contribution in [0.15, 0.2) is 29.2 Å². The maximum absolute atomic E-state index is 12.4. The van der Waals surface area contributed by atoms with Gasteiger partial charge in [-0.05, 0) is 37.1 Å². The van der Waals surface area contributed by atoms with Gasteiger partial charge in [0, 0.05) is 24.2 Å². The second kappa shape index (κ2) is 6.66. The van der Waals surface area contributed by atoms with Crippen molar-refractivity contribution < 1.29 is 26.4 Å². The Morgan fingerprint density at radius 3 is 2.17 bits per heavy atom. The number of benzene rings is 1. The first-order chi connectivity index (χ1) is 10.6. The summed E-state index contributed by atoms with van der Waals surface area (Å²) in [6, 6.07) is 4.95. The molecule has 128 valence electrons. The van der Waals surface area contributed by atoms with Crippen LogP contribution in [0.2, 0.25) is 5.02 Å². The Kier molecular flexibility index (Phi) is 5.22. The van der Waals surface area contributed by atoms with Crippen LogP contribution in [-0.2, 0) is 14.8 Å². The SMILES string of the molecule is O=C(NC1CCN(S(=O)(=O)c2ccc(Cl)cc2)CC1)C(F)(F)F. The van der Waals surface area contributed by atoms with Gasteiger partial charge < -0.3 is 5.32 Å². The minimum Gasteiger partial charge on any atom is -0.345 e. The molecule has 0 unspecified atom stereocenters. The number of nitrogens with zero attached hydrogens (tertiary/aromatic N) is 1. The van der Waals surface area contributed by atoms with Gasteiger partial charge in [-0.25, -0.2) is 8.42 Å². The van der Waals surface area contributed by atoms with Crippen molar-refractivity contribution in [2.45, 2.75) is 30.0 Å². The molecule has 0 aromatic heterocycles. The topological polar surface area (TPSA) is 66.5 Å². The van der Waals surface area contributed by atoms with Crippen LogP contribution >= 0.6 is 11.6 Å². The number of nitrogens with one attached hydrogen (secondary N) is 1. The number of carbonyl (C=O) groups excluding carboxylic acids is 1. The molecule has 0 spiro atoms. The molecule has 1 N–H and O–H groups in total. The van der Waals surface area contributed by atoms with Crippen LogP contribution in [-0.4, -0.2) is 43.9 Å². The molecular weight excluding hydrogens is 357 g/mol. The zero-order chi connectivity index (χ0) is 17.3. The molecule has 1 saturated heterocycles. The van der Waals surface area contributed by atoms with Crippen LogP contribution in [0.25, 0.3) is 0 Å². The van der Waals surface area contributed by atoms with Crippen molar-refractivity contribution >= 4 is 27.5 Å². The van der Waals surface area contributed by atoms with Crippen molar-refractivity contribution in [1.82, 2.24) is 9.62 Å². The quantitative estimate of drug-likeness (QED) is 0.886. The van der Waals surface area contributed by atoms with Crippen LogP contribution < -0.4 is 5.32 Å². The van der Waals surface area contributed by atoms with Gasteiger partial charge in [-0.3, -0.25) is 4.79 Å². The van der Waals surface area contributed by atoms with E-state index in [0.29, 0.717) is 5.02 Å². The summed E-state index contributed by atoms with van der Waals surface area (Å²) in [6.07, 6.45) is -4.70. The standard InChI is InChI=1S/C13H14ClF3N2O3S/c14-9-1-3-11(4-2-9)23(21,22)19-7-5-10(6-8-19)18-12(20)13(15,16)17/h1-4,10H,5-8H2,(H,18,20). The molecule has 1 aliphatic rings. The van der Waals surface area contributed by atoms with Crippen LogP contribution in [0.1, 0.15) is 12.8 Å². The average molecular weight is 371 g/mol. The van der Waals surface area contributed by atoms with E-state index in [0.717, 1.165) is 0 Å². The lowest BCUT2D eigenvalue weighted by atomic mass is 10.1.